The van der Waals surface area contributed by atoms with Crippen molar-refractivity contribution in [3.63, 3.8) is 0 Å². The molecule has 10 heteroatoms. The minimum Gasteiger partial charge on any atom is -0.465 e. The number of benzene rings is 2. The van der Waals surface area contributed by atoms with Gasteiger partial charge in [0, 0.05) is 29.3 Å². The van der Waals surface area contributed by atoms with Crippen LogP contribution in [0.15, 0.2) is 77.7 Å². The van der Waals surface area contributed by atoms with Crippen molar-refractivity contribution in [2.75, 3.05) is 7.11 Å². The lowest BCUT2D eigenvalue weighted by Gasteiger charge is -2.37. The summed E-state index contributed by atoms with van der Waals surface area (Å²) in [7, 11) is 1.10. The Balaban J connectivity index is 1.79. The number of alkyl halides is 3. The minimum absolute atomic E-state index is 0.0775. The number of methoxy groups -OCH3 is 1. The molecular weight excluding hydrogens is 514 g/mol. The number of nitrogens with zero attached hydrogens (tertiary/aromatic N) is 1. The molecule has 0 spiro atoms. The fourth-order valence-electron chi connectivity index (χ4n) is 4.36. The quantitative estimate of drug-likeness (QED) is 0.249. The van der Waals surface area contributed by atoms with Crippen LogP contribution in [0.5, 0.6) is 0 Å². The van der Waals surface area contributed by atoms with Gasteiger partial charge in [-0.1, -0.05) is 54.9 Å². The number of aliphatic hydroxyl groups is 1. The number of hydrogen-bond donors (Lipinski definition) is 1. The van der Waals surface area contributed by atoms with Gasteiger partial charge in [-0.15, -0.1) is 0 Å². The fourth-order valence-corrected chi connectivity index (χ4v) is 4.64. The molecule has 4 aromatic rings. The molecule has 2 unspecified atom stereocenters. The highest BCUT2D eigenvalue weighted by atomic mass is 35.5. The second kappa shape index (κ2) is 9.64. The number of carbonyl (C=O) groups is 1. The van der Waals surface area contributed by atoms with E-state index in [1.807, 2.05) is 0 Å². The minimum atomic E-state index is -5.10. The number of fused-ring (bicyclic) bond motifs is 1. The highest BCUT2D eigenvalue weighted by Crippen LogP contribution is 2.49. The van der Waals surface area contributed by atoms with E-state index in [0.717, 1.165) is 23.6 Å². The lowest BCUT2D eigenvalue weighted by atomic mass is 9.77. The first-order chi connectivity index (χ1) is 17.4. The molecule has 5 nitrogen and oxygen atoms in total. The summed E-state index contributed by atoms with van der Waals surface area (Å²) < 4.78 is 63.6. The topological polar surface area (TPSA) is 68.0 Å². The normalized spacial score (nSPS) is 14.3. The first-order valence-corrected chi connectivity index (χ1v) is 11.4. The average molecular weight is 534 g/mol. The summed E-state index contributed by atoms with van der Waals surface area (Å²) in [5.74, 6) is -3.39. The van der Waals surface area contributed by atoms with E-state index in [0.29, 0.717) is 5.56 Å². The SMILES string of the molecule is COC(=O)c1ccc(-c2ccc(C(C)C(O)(c3ccc(=O)n4ccccc34)C(F)(F)F)cc2)c(Cl)c1F. The smallest absolute Gasteiger partial charge is 0.422 e. The number of esters is 1. The second-order valence-corrected chi connectivity index (χ2v) is 8.81. The Hall–Kier alpha value is -3.69. The first-order valence-electron chi connectivity index (χ1n) is 11.0. The van der Waals surface area contributed by atoms with Gasteiger partial charge in [0.15, 0.2) is 11.4 Å². The molecule has 0 bridgehead atoms. The maximum atomic E-state index is 14.6. The van der Waals surface area contributed by atoms with Crippen LogP contribution in [0.1, 0.15) is 34.3 Å². The van der Waals surface area contributed by atoms with Crippen molar-refractivity contribution < 1.29 is 32.2 Å². The van der Waals surface area contributed by atoms with Crippen molar-refractivity contribution in [1.29, 1.82) is 0 Å². The van der Waals surface area contributed by atoms with E-state index < -0.39 is 40.6 Å². The van der Waals surface area contributed by atoms with Crippen LogP contribution in [0.25, 0.3) is 16.6 Å². The number of halogens is 5. The zero-order valence-electron chi connectivity index (χ0n) is 19.5. The Bertz CT molecular complexity index is 1550. The van der Waals surface area contributed by atoms with Crippen molar-refractivity contribution in [3.8, 4) is 11.1 Å². The van der Waals surface area contributed by atoms with E-state index in [-0.39, 0.29) is 27.2 Å². The van der Waals surface area contributed by atoms with Gasteiger partial charge in [-0.25, -0.2) is 9.18 Å². The van der Waals surface area contributed by atoms with Crippen LogP contribution in [0, 0.1) is 5.82 Å². The lowest BCUT2D eigenvalue weighted by molar-refractivity contribution is -0.274. The molecular formula is C27H20ClF4NO4. The molecule has 0 saturated heterocycles. The lowest BCUT2D eigenvalue weighted by Crippen LogP contribution is -2.47. The Labute approximate surface area is 213 Å². The van der Waals surface area contributed by atoms with Gasteiger partial charge in [0.1, 0.15) is 0 Å². The van der Waals surface area contributed by atoms with Crippen LogP contribution in [-0.2, 0) is 10.3 Å². The van der Waals surface area contributed by atoms with Crippen LogP contribution in [0.4, 0.5) is 17.6 Å². The number of rotatable bonds is 5. The summed E-state index contributed by atoms with van der Waals surface area (Å²) in [6, 6.07) is 14.5. The molecule has 37 heavy (non-hydrogen) atoms. The zero-order chi connectivity index (χ0) is 27.1. The summed E-state index contributed by atoms with van der Waals surface area (Å²) in [5.41, 5.74) is -4.07. The Kier molecular flexibility index (Phi) is 6.87. The molecule has 0 amide bonds. The fraction of sp³-hybridized carbons (Fsp3) is 0.185. The van der Waals surface area contributed by atoms with E-state index in [1.165, 1.54) is 67.7 Å². The van der Waals surface area contributed by atoms with Crippen LogP contribution in [-0.4, -0.2) is 28.8 Å². The molecule has 0 aliphatic heterocycles. The number of carbonyl (C=O) groups excluding carboxylic acids is 1. The third-order valence-electron chi connectivity index (χ3n) is 6.44. The molecule has 0 aliphatic carbocycles. The Morgan fingerprint density at radius 2 is 1.70 bits per heavy atom. The largest absolute Gasteiger partial charge is 0.465 e. The van der Waals surface area contributed by atoms with Gasteiger partial charge in [0.2, 0.25) is 0 Å². The number of hydrogen-bond acceptors (Lipinski definition) is 4. The third kappa shape index (κ3) is 4.38. The predicted octanol–water partition coefficient (Wildman–Crippen LogP) is 6.10. The molecule has 2 aromatic carbocycles. The molecule has 0 saturated carbocycles. The summed E-state index contributed by atoms with van der Waals surface area (Å²) >= 11 is 6.12. The molecule has 0 fully saturated rings. The molecule has 2 atom stereocenters. The Morgan fingerprint density at radius 3 is 2.32 bits per heavy atom. The van der Waals surface area contributed by atoms with Gasteiger partial charge in [-0.2, -0.15) is 13.2 Å². The third-order valence-corrected chi connectivity index (χ3v) is 6.81. The first kappa shape index (κ1) is 26.4. The molecule has 2 heterocycles. The van der Waals surface area contributed by atoms with Gasteiger partial charge in [0.05, 0.1) is 23.2 Å². The summed E-state index contributed by atoms with van der Waals surface area (Å²) in [4.78, 5) is 23.9. The van der Waals surface area contributed by atoms with Crippen molar-refractivity contribution in [2.24, 2.45) is 0 Å². The predicted molar refractivity (Wildman–Crippen MR) is 130 cm³/mol. The van der Waals surface area contributed by atoms with Crippen molar-refractivity contribution in [3.05, 3.63) is 111 Å². The number of ether oxygens (including phenoxy) is 1. The summed E-state index contributed by atoms with van der Waals surface area (Å²) in [6.07, 6.45) is -3.78. The number of aromatic nitrogens is 1. The maximum absolute atomic E-state index is 14.6. The van der Waals surface area contributed by atoms with E-state index in [4.69, 9.17) is 11.6 Å². The molecule has 0 aliphatic rings. The van der Waals surface area contributed by atoms with Crippen molar-refractivity contribution in [2.45, 2.75) is 24.6 Å². The molecule has 2 aromatic heterocycles. The molecule has 1 N–H and O–H groups in total. The van der Waals surface area contributed by atoms with Crippen LogP contribution < -0.4 is 5.56 Å². The zero-order valence-corrected chi connectivity index (χ0v) is 20.3. The highest BCUT2D eigenvalue weighted by molar-refractivity contribution is 6.33. The van der Waals surface area contributed by atoms with Gasteiger partial charge in [0.25, 0.3) is 5.56 Å². The molecule has 192 valence electrons. The van der Waals surface area contributed by atoms with Gasteiger partial charge in [-0.3, -0.25) is 9.20 Å². The summed E-state index contributed by atoms with van der Waals surface area (Å²) in [6.45, 7) is 1.23. The van der Waals surface area contributed by atoms with Crippen LogP contribution in [0.3, 0.4) is 0 Å². The monoisotopic (exact) mass is 533 g/mol. The second-order valence-electron chi connectivity index (χ2n) is 8.43. The van der Waals surface area contributed by atoms with Gasteiger partial charge < -0.3 is 9.84 Å². The average Bonchev–Trinajstić information content (AvgIpc) is 2.89. The van der Waals surface area contributed by atoms with Crippen molar-refractivity contribution >= 4 is 23.1 Å². The molecule has 4 rings (SSSR count). The highest BCUT2D eigenvalue weighted by Gasteiger charge is 2.59. The van der Waals surface area contributed by atoms with Gasteiger partial charge >= 0.3 is 12.1 Å². The maximum Gasteiger partial charge on any atom is 0.422 e. The van der Waals surface area contributed by atoms with Crippen molar-refractivity contribution in [1.82, 2.24) is 4.40 Å². The van der Waals surface area contributed by atoms with Crippen LogP contribution >= 0.6 is 11.6 Å². The van der Waals surface area contributed by atoms with Gasteiger partial charge in [-0.05, 0) is 35.4 Å². The molecule has 0 radical (unpaired) electrons. The number of pyridine rings is 2. The van der Waals surface area contributed by atoms with E-state index in [9.17, 15) is 32.3 Å². The van der Waals surface area contributed by atoms with E-state index in [2.05, 4.69) is 4.74 Å². The standard InChI is InChI=1S/C27H20ClF4NO4/c1-15(26(36,27(30,31)32)20-12-13-22(34)33-14-4-3-5-21(20)33)16-6-8-17(9-7-16)18-10-11-19(25(35)37-2)24(29)23(18)28/h3-15,36H,1-2H3. The Morgan fingerprint density at radius 1 is 1.03 bits per heavy atom. The van der Waals surface area contributed by atoms with E-state index >= 15 is 0 Å². The summed E-state index contributed by atoms with van der Waals surface area (Å²) in [5, 5.41) is 10.9. The van der Waals surface area contributed by atoms with E-state index in [1.54, 1.807) is 0 Å². The van der Waals surface area contributed by atoms with Crippen LogP contribution in [0.2, 0.25) is 5.02 Å².